The highest BCUT2D eigenvalue weighted by Gasteiger charge is 2.18. The van der Waals surface area contributed by atoms with Gasteiger partial charge in [-0.05, 0) is 37.1 Å². The molecule has 0 aliphatic carbocycles. The average molecular weight is 317 g/mol. The summed E-state index contributed by atoms with van der Waals surface area (Å²) in [6.07, 6.45) is 2.40. The van der Waals surface area contributed by atoms with E-state index in [9.17, 15) is 8.42 Å². The number of sulfonamides is 1. The molecule has 0 unspecified atom stereocenters. The first-order chi connectivity index (χ1) is 8.92. The van der Waals surface area contributed by atoms with Gasteiger partial charge in [0.05, 0.1) is 5.69 Å². The molecule has 19 heavy (non-hydrogen) atoms. The summed E-state index contributed by atoms with van der Waals surface area (Å²) in [6, 6.07) is 5.07. The van der Waals surface area contributed by atoms with E-state index in [1.165, 1.54) is 11.3 Å². The molecule has 0 aliphatic heterocycles. The van der Waals surface area contributed by atoms with Crippen molar-refractivity contribution < 1.29 is 8.42 Å². The van der Waals surface area contributed by atoms with Crippen molar-refractivity contribution in [1.29, 1.82) is 0 Å². The molecule has 2 aromatic rings. The maximum Gasteiger partial charge on any atom is 0.271 e. The van der Waals surface area contributed by atoms with Crippen molar-refractivity contribution in [3.63, 3.8) is 0 Å². The number of nitrogens with one attached hydrogen (secondary N) is 1. The van der Waals surface area contributed by atoms with Crippen molar-refractivity contribution in [3.05, 3.63) is 40.0 Å². The van der Waals surface area contributed by atoms with Crippen LogP contribution in [0.2, 0.25) is 5.15 Å². The van der Waals surface area contributed by atoms with Crippen LogP contribution in [0.1, 0.15) is 17.4 Å². The first-order valence-electron chi connectivity index (χ1n) is 5.66. The van der Waals surface area contributed by atoms with Crippen molar-refractivity contribution >= 4 is 38.6 Å². The van der Waals surface area contributed by atoms with Crippen LogP contribution in [0.15, 0.2) is 28.6 Å². The molecule has 7 heteroatoms. The van der Waals surface area contributed by atoms with Crippen molar-refractivity contribution in [1.82, 2.24) is 4.98 Å². The maximum absolute atomic E-state index is 12.2. The Morgan fingerprint density at radius 3 is 2.79 bits per heavy atom. The highest BCUT2D eigenvalue weighted by Crippen LogP contribution is 2.27. The predicted molar refractivity (Wildman–Crippen MR) is 78.5 cm³/mol. The molecule has 0 bridgehead atoms. The monoisotopic (exact) mass is 316 g/mol. The number of nitrogens with zero attached hydrogens (tertiary/aromatic N) is 1. The fourth-order valence-corrected chi connectivity index (χ4v) is 4.07. The van der Waals surface area contributed by atoms with E-state index in [1.54, 1.807) is 18.3 Å². The number of rotatable bonds is 4. The molecule has 0 radical (unpaired) electrons. The Labute approximate surface area is 121 Å². The summed E-state index contributed by atoms with van der Waals surface area (Å²) in [6.45, 7) is 3.80. The third kappa shape index (κ3) is 3.26. The molecule has 1 N–H and O–H groups in total. The number of aryl methyl sites for hydroxylation is 2. The zero-order chi connectivity index (χ0) is 14.0. The van der Waals surface area contributed by atoms with Gasteiger partial charge in [-0.3, -0.25) is 4.72 Å². The zero-order valence-corrected chi connectivity index (χ0v) is 12.9. The van der Waals surface area contributed by atoms with Gasteiger partial charge in [0.1, 0.15) is 4.21 Å². The van der Waals surface area contributed by atoms with Crippen LogP contribution in [0.25, 0.3) is 0 Å². The van der Waals surface area contributed by atoms with Gasteiger partial charge in [-0.15, -0.1) is 11.3 Å². The van der Waals surface area contributed by atoms with Crippen LogP contribution in [-0.2, 0) is 16.4 Å². The molecule has 0 spiro atoms. The molecule has 0 amide bonds. The summed E-state index contributed by atoms with van der Waals surface area (Å²) >= 11 is 7.14. The molecule has 0 saturated carbocycles. The van der Waals surface area contributed by atoms with E-state index in [1.807, 2.05) is 19.9 Å². The predicted octanol–water partition coefficient (Wildman–Crippen LogP) is 3.47. The highest BCUT2D eigenvalue weighted by atomic mass is 35.5. The van der Waals surface area contributed by atoms with E-state index in [0.29, 0.717) is 5.69 Å². The maximum atomic E-state index is 12.2. The van der Waals surface area contributed by atoms with Crippen LogP contribution in [0.3, 0.4) is 0 Å². The number of pyridine rings is 1. The fraction of sp³-hybridized carbons (Fsp3) is 0.250. The van der Waals surface area contributed by atoms with Gasteiger partial charge in [-0.1, -0.05) is 18.5 Å². The van der Waals surface area contributed by atoms with Gasteiger partial charge in [0, 0.05) is 11.1 Å². The normalized spacial score (nSPS) is 11.5. The van der Waals surface area contributed by atoms with Crippen molar-refractivity contribution in [3.8, 4) is 0 Å². The van der Waals surface area contributed by atoms with Crippen molar-refractivity contribution in [2.24, 2.45) is 0 Å². The highest BCUT2D eigenvalue weighted by molar-refractivity contribution is 7.94. The van der Waals surface area contributed by atoms with Crippen LogP contribution in [0, 0.1) is 6.92 Å². The largest absolute Gasteiger partial charge is 0.276 e. The first kappa shape index (κ1) is 14.3. The smallest absolute Gasteiger partial charge is 0.271 e. The Balaban J connectivity index is 2.33. The van der Waals surface area contributed by atoms with E-state index < -0.39 is 10.0 Å². The third-order valence-corrected chi connectivity index (χ3v) is 5.86. The van der Waals surface area contributed by atoms with Crippen LogP contribution in [-0.4, -0.2) is 13.4 Å². The number of hydrogen-bond donors (Lipinski definition) is 1. The third-order valence-electron chi connectivity index (χ3n) is 2.47. The van der Waals surface area contributed by atoms with Gasteiger partial charge < -0.3 is 0 Å². The number of hydrogen-bond acceptors (Lipinski definition) is 4. The summed E-state index contributed by atoms with van der Waals surface area (Å²) in [7, 11) is -3.60. The molecule has 0 atom stereocenters. The van der Waals surface area contributed by atoms with Gasteiger partial charge in [0.2, 0.25) is 0 Å². The molecule has 2 rings (SSSR count). The molecule has 2 aromatic heterocycles. The topological polar surface area (TPSA) is 59.1 Å². The molecular weight excluding hydrogens is 304 g/mol. The van der Waals surface area contributed by atoms with E-state index in [2.05, 4.69) is 9.71 Å². The number of halogens is 1. The van der Waals surface area contributed by atoms with E-state index in [4.69, 9.17) is 11.6 Å². The van der Waals surface area contributed by atoms with Crippen LogP contribution in [0.5, 0.6) is 0 Å². The van der Waals surface area contributed by atoms with Crippen LogP contribution < -0.4 is 4.72 Å². The van der Waals surface area contributed by atoms with Crippen LogP contribution >= 0.6 is 22.9 Å². The zero-order valence-electron chi connectivity index (χ0n) is 10.5. The standard InChI is InChI=1S/C12H13ClN2O2S2/c1-3-9-4-5-11(18-9)19(16,17)15-10-6-8(2)7-14-12(10)13/h4-7,15H,3H2,1-2H3. The molecule has 0 saturated heterocycles. The summed E-state index contributed by atoms with van der Waals surface area (Å²) in [5, 5.41) is 0.140. The lowest BCUT2D eigenvalue weighted by molar-refractivity contribution is 0.603. The molecule has 0 fully saturated rings. The van der Waals surface area contributed by atoms with Gasteiger partial charge in [-0.2, -0.15) is 0 Å². The second-order valence-electron chi connectivity index (χ2n) is 4.03. The molecule has 0 aliphatic rings. The SMILES string of the molecule is CCc1ccc(S(=O)(=O)Nc2cc(C)cnc2Cl)s1. The Hall–Kier alpha value is -1.11. The van der Waals surface area contributed by atoms with E-state index in [0.717, 1.165) is 16.9 Å². The fourth-order valence-electron chi connectivity index (χ4n) is 1.51. The minimum absolute atomic E-state index is 0.140. The summed E-state index contributed by atoms with van der Waals surface area (Å²) in [5.41, 5.74) is 1.13. The van der Waals surface area contributed by atoms with Crippen LogP contribution in [0.4, 0.5) is 5.69 Å². The van der Waals surface area contributed by atoms with E-state index >= 15 is 0 Å². The van der Waals surface area contributed by atoms with E-state index in [-0.39, 0.29) is 9.36 Å². The molecule has 2 heterocycles. The van der Waals surface area contributed by atoms with Gasteiger partial charge in [0.15, 0.2) is 5.15 Å². The molecule has 0 aromatic carbocycles. The first-order valence-corrected chi connectivity index (χ1v) is 8.34. The quantitative estimate of drug-likeness (QED) is 0.879. The van der Waals surface area contributed by atoms with Crippen molar-refractivity contribution in [2.45, 2.75) is 24.5 Å². The average Bonchev–Trinajstić information content (AvgIpc) is 2.83. The lowest BCUT2D eigenvalue weighted by Crippen LogP contribution is -2.12. The second-order valence-corrected chi connectivity index (χ2v) is 7.47. The Morgan fingerprint density at radius 2 is 2.16 bits per heavy atom. The Kier molecular flexibility index (Phi) is 4.13. The summed E-state index contributed by atoms with van der Waals surface area (Å²) < 4.78 is 27.2. The second kappa shape index (κ2) is 5.48. The van der Waals surface area contributed by atoms with Gasteiger partial charge in [0.25, 0.3) is 10.0 Å². The Morgan fingerprint density at radius 1 is 1.42 bits per heavy atom. The number of thiophene rings is 1. The van der Waals surface area contributed by atoms with Crippen molar-refractivity contribution in [2.75, 3.05) is 4.72 Å². The molecule has 4 nitrogen and oxygen atoms in total. The summed E-state index contributed by atoms with van der Waals surface area (Å²) in [4.78, 5) is 4.94. The minimum Gasteiger partial charge on any atom is -0.276 e. The number of anilines is 1. The van der Waals surface area contributed by atoms with Gasteiger partial charge >= 0.3 is 0 Å². The molecule has 102 valence electrons. The number of aromatic nitrogens is 1. The summed E-state index contributed by atoms with van der Waals surface area (Å²) in [5.74, 6) is 0. The van der Waals surface area contributed by atoms with Gasteiger partial charge in [-0.25, -0.2) is 13.4 Å². The lowest BCUT2D eigenvalue weighted by atomic mass is 10.3. The Bertz CT molecular complexity index is 696. The minimum atomic E-state index is -3.60. The lowest BCUT2D eigenvalue weighted by Gasteiger charge is -2.08. The molecular formula is C12H13ClN2O2S2.